The second kappa shape index (κ2) is 8.58. The molecule has 0 fully saturated rings. The molecule has 0 spiro atoms. The molecule has 0 saturated carbocycles. The first kappa shape index (κ1) is 21.0. The number of para-hydroxylation sites is 2. The minimum Gasteiger partial charge on any atom is -0.493 e. The second-order valence-electron chi connectivity index (χ2n) is 8.13. The van der Waals surface area contributed by atoms with Crippen LogP contribution in [-0.2, 0) is 16.1 Å². The lowest BCUT2D eigenvalue weighted by Crippen LogP contribution is -2.09. The number of nitrogens with zero attached hydrogens (tertiary/aromatic N) is 2. The summed E-state index contributed by atoms with van der Waals surface area (Å²) in [6.45, 7) is 2.64. The van der Waals surface area contributed by atoms with E-state index in [9.17, 15) is 4.79 Å². The molecule has 0 saturated heterocycles. The van der Waals surface area contributed by atoms with E-state index in [1.807, 2.05) is 60.0 Å². The molecule has 5 rings (SSSR count). The molecule has 1 aliphatic heterocycles. The fourth-order valence-corrected chi connectivity index (χ4v) is 4.36. The molecule has 1 aromatic heterocycles. The Kier molecular flexibility index (Phi) is 5.46. The average molecular weight is 445 g/mol. The highest BCUT2D eigenvalue weighted by molar-refractivity contribution is 5.78. The van der Waals surface area contributed by atoms with Gasteiger partial charge in [0.05, 0.1) is 36.9 Å². The van der Waals surface area contributed by atoms with Crippen LogP contribution in [0.1, 0.15) is 29.3 Å². The molecule has 0 radical (unpaired) electrons. The number of nitrogens with one attached hydrogen (secondary N) is 1. The van der Waals surface area contributed by atoms with Crippen molar-refractivity contribution in [3.63, 3.8) is 0 Å². The number of benzene rings is 3. The summed E-state index contributed by atoms with van der Waals surface area (Å²) in [5.41, 5.74) is 4.54. The predicted octanol–water partition coefficient (Wildman–Crippen LogP) is 5.12. The summed E-state index contributed by atoms with van der Waals surface area (Å²) in [5, 5.41) is 3.29. The number of anilines is 1. The van der Waals surface area contributed by atoms with Gasteiger partial charge >= 0.3 is 5.97 Å². The standard InChI is InChI=1S/C26H24FN3O3/c1-16-29-21-7-3-4-8-22(21)30(16)23-9-5-6-17(26(23)27)14-28-19-10-11-20-18(12-25(31)32-2)15-33-24(20)13-19/h3-11,13,18,28H,12,14-15H2,1-2H3/t18-/m1/s1. The number of methoxy groups -OCH3 is 1. The maximum absolute atomic E-state index is 15.5. The van der Waals surface area contributed by atoms with Gasteiger partial charge in [-0.05, 0) is 31.2 Å². The normalized spacial score (nSPS) is 14.7. The fourth-order valence-electron chi connectivity index (χ4n) is 4.36. The van der Waals surface area contributed by atoms with Crippen LogP contribution in [0.4, 0.5) is 10.1 Å². The minimum absolute atomic E-state index is 0.0103. The molecule has 1 aliphatic rings. The van der Waals surface area contributed by atoms with Crippen LogP contribution < -0.4 is 10.1 Å². The van der Waals surface area contributed by atoms with Crippen molar-refractivity contribution in [2.24, 2.45) is 0 Å². The van der Waals surface area contributed by atoms with Crippen LogP contribution in [0.25, 0.3) is 16.7 Å². The van der Waals surface area contributed by atoms with E-state index in [1.165, 1.54) is 7.11 Å². The van der Waals surface area contributed by atoms with Gasteiger partial charge in [-0.25, -0.2) is 9.37 Å². The molecule has 2 heterocycles. The summed E-state index contributed by atoms with van der Waals surface area (Å²) in [6.07, 6.45) is 0.288. The smallest absolute Gasteiger partial charge is 0.306 e. The van der Waals surface area contributed by atoms with Gasteiger partial charge in [0, 0.05) is 35.3 Å². The lowest BCUT2D eigenvalue weighted by molar-refractivity contribution is -0.141. The van der Waals surface area contributed by atoms with Gasteiger partial charge in [-0.1, -0.05) is 30.3 Å². The molecular formula is C26H24FN3O3. The van der Waals surface area contributed by atoms with Crippen LogP contribution >= 0.6 is 0 Å². The van der Waals surface area contributed by atoms with Crippen LogP contribution in [0, 0.1) is 12.7 Å². The molecule has 7 heteroatoms. The highest BCUT2D eigenvalue weighted by atomic mass is 19.1. The number of aryl methyl sites for hydroxylation is 1. The van der Waals surface area contributed by atoms with Crippen molar-refractivity contribution in [2.75, 3.05) is 19.0 Å². The van der Waals surface area contributed by atoms with Gasteiger partial charge in [-0.15, -0.1) is 0 Å². The largest absolute Gasteiger partial charge is 0.493 e. The Labute approximate surface area is 191 Å². The number of aromatic nitrogens is 2. The zero-order chi connectivity index (χ0) is 22.9. The third-order valence-corrected chi connectivity index (χ3v) is 6.04. The Bertz CT molecular complexity index is 1350. The van der Waals surface area contributed by atoms with Crippen molar-refractivity contribution < 1.29 is 18.7 Å². The van der Waals surface area contributed by atoms with E-state index >= 15 is 4.39 Å². The van der Waals surface area contributed by atoms with E-state index in [1.54, 1.807) is 12.1 Å². The number of carbonyl (C=O) groups is 1. The number of rotatable bonds is 6. The first-order chi connectivity index (χ1) is 16.0. The number of esters is 1. The molecule has 0 bridgehead atoms. The molecule has 0 amide bonds. The van der Waals surface area contributed by atoms with E-state index in [4.69, 9.17) is 9.47 Å². The summed E-state index contributed by atoms with van der Waals surface area (Å²) < 4.78 is 27.9. The number of hydrogen-bond acceptors (Lipinski definition) is 5. The van der Waals surface area contributed by atoms with Crippen molar-refractivity contribution in [1.82, 2.24) is 9.55 Å². The lowest BCUT2D eigenvalue weighted by Gasteiger charge is -2.13. The van der Waals surface area contributed by atoms with Crippen molar-refractivity contribution in [3.8, 4) is 11.4 Å². The van der Waals surface area contributed by atoms with Gasteiger partial charge in [0.1, 0.15) is 11.6 Å². The summed E-state index contributed by atoms with van der Waals surface area (Å²) in [4.78, 5) is 16.2. The van der Waals surface area contributed by atoms with Gasteiger partial charge in [0.15, 0.2) is 5.82 Å². The van der Waals surface area contributed by atoms with Crippen LogP contribution in [0.5, 0.6) is 5.75 Å². The average Bonchev–Trinajstić information content (AvgIpc) is 3.38. The molecule has 0 aliphatic carbocycles. The van der Waals surface area contributed by atoms with Crippen molar-refractivity contribution in [2.45, 2.75) is 25.8 Å². The third kappa shape index (κ3) is 3.91. The molecule has 33 heavy (non-hydrogen) atoms. The highest BCUT2D eigenvalue weighted by Crippen LogP contribution is 2.38. The number of fused-ring (bicyclic) bond motifs is 2. The number of carbonyl (C=O) groups excluding carboxylic acids is 1. The van der Waals surface area contributed by atoms with Crippen LogP contribution in [0.15, 0.2) is 60.7 Å². The first-order valence-corrected chi connectivity index (χ1v) is 10.8. The SMILES string of the molecule is COC(=O)C[C@@H]1COc2cc(NCc3cccc(-n4c(C)nc5ccccc54)c3F)ccc21. The summed E-state index contributed by atoms with van der Waals surface area (Å²) in [6, 6.07) is 18.9. The zero-order valence-electron chi connectivity index (χ0n) is 18.5. The summed E-state index contributed by atoms with van der Waals surface area (Å²) in [5.74, 6) is 0.923. The topological polar surface area (TPSA) is 65.4 Å². The van der Waals surface area contributed by atoms with Crippen LogP contribution in [0.2, 0.25) is 0 Å². The molecule has 168 valence electrons. The molecular weight excluding hydrogens is 421 g/mol. The van der Waals surface area contributed by atoms with Crippen molar-refractivity contribution in [1.29, 1.82) is 0 Å². The van der Waals surface area contributed by atoms with E-state index in [2.05, 4.69) is 10.3 Å². The maximum Gasteiger partial charge on any atom is 0.306 e. The second-order valence-corrected chi connectivity index (χ2v) is 8.13. The van der Waals surface area contributed by atoms with Gasteiger partial charge in [-0.2, -0.15) is 0 Å². The third-order valence-electron chi connectivity index (χ3n) is 6.04. The number of hydrogen-bond donors (Lipinski definition) is 1. The quantitative estimate of drug-likeness (QED) is 0.417. The molecule has 6 nitrogen and oxygen atoms in total. The summed E-state index contributed by atoms with van der Waals surface area (Å²) >= 11 is 0. The zero-order valence-corrected chi connectivity index (χ0v) is 18.5. The van der Waals surface area contributed by atoms with E-state index in [-0.39, 0.29) is 24.1 Å². The molecule has 4 aromatic rings. The van der Waals surface area contributed by atoms with E-state index in [0.717, 1.165) is 33.9 Å². The van der Waals surface area contributed by atoms with Gasteiger partial charge in [-0.3, -0.25) is 9.36 Å². The predicted molar refractivity (Wildman–Crippen MR) is 124 cm³/mol. The van der Waals surface area contributed by atoms with E-state index < -0.39 is 0 Å². The van der Waals surface area contributed by atoms with Crippen LogP contribution in [-0.4, -0.2) is 29.2 Å². The highest BCUT2D eigenvalue weighted by Gasteiger charge is 2.27. The van der Waals surface area contributed by atoms with Crippen molar-refractivity contribution >= 4 is 22.7 Å². The first-order valence-electron chi connectivity index (χ1n) is 10.8. The molecule has 3 aromatic carbocycles. The van der Waals surface area contributed by atoms with Gasteiger partial charge in [0.2, 0.25) is 0 Å². The maximum atomic E-state index is 15.5. The van der Waals surface area contributed by atoms with Crippen molar-refractivity contribution in [3.05, 3.63) is 83.4 Å². The number of ether oxygens (including phenoxy) is 2. The molecule has 1 atom stereocenters. The van der Waals surface area contributed by atoms with E-state index in [0.29, 0.717) is 24.4 Å². The Morgan fingerprint density at radius 1 is 1.21 bits per heavy atom. The number of halogens is 1. The fraction of sp³-hybridized carbons (Fsp3) is 0.231. The van der Waals surface area contributed by atoms with Gasteiger partial charge < -0.3 is 14.8 Å². The number of imidazole rings is 1. The monoisotopic (exact) mass is 445 g/mol. The summed E-state index contributed by atoms with van der Waals surface area (Å²) in [7, 11) is 1.39. The Balaban J connectivity index is 1.36. The molecule has 1 N–H and O–H groups in total. The Morgan fingerprint density at radius 3 is 2.91 bits per heavy atom. The van der Waals surface area contributed by atoms with Crippen LogP contribution in [0.3, 0.4) is 0 Å². The van der Waals surface area contributed by atoms with Gasteiger partial charge in [0.25, 0.3) is 0 Å². The Morgan fingerprint density at radius 2 is 2.06 bits per heavy atom. The minimum atomic E-state index is -0.285. The molecule has 0 unspecified atom stereocenters. The Hall–Kier alpha value is -3.87. The lowest BCUT2D eigenvalue weighted by atomic mass is 9.98.